The summed E-state index contributed by atoms with van der Waals surface area (Å²) in [5.74, 6) is -5.11. The summed E-state index contributed by atoms with van der Waals surface area (Å²) in [5.41, 5.74) is -0.623. The van der Waals surface area contributed by atoms with Gasteiger partial charge in [0.2, 0.25) is 0 Å². The largest absolute Gasteiger partial charge is 1.00 e. The van der Waals surface area contributed by atoms with Crippen molar-refractivity contribution in [2.45, 2.75) is 6.92 Å². The average molecular weight is 423 g/mol. The maximum Gasteiger partial charge on any atom is 1.00 e. The number of carbonyl (C=O) groups excluding carboxylic acids is 1. The van der Waals surface area contributed by atoms with Crippen molar-refractivity contribution < 1.29 is 57.0 Å². The van der Waals surface area contributed by atoms with Gasteiger partial charge in [0.15, 0.2) is 5.65 Å². The van der Waals surface area contributed by atoms with Crippen molar-refractivity contribution in [3.63, 3.8) is 0 Å². The molecule has 0 N–H and O–H groups in total. The van der Waals surface area contributed by atoms with Crippen molar-refractivity contribution in [2.24, 2.45) is 0 Å². The number of rotatable bonds is 3. The fourth-order valence-corrected chi connectivity index (χ4v) is 3.11. The number of aromatic nitrogens is 3. The quantitative estimate of drug-likeness (QED) is 0.351. The number of benzene rings is 2. The molecule has 0 amide bonds. The SMILES string of the molecule is Cc1nn2c(C(=O)[O-])cc(-c3ccc(F)cc3F)nc2c1-c1ccc(F)cc1F.[Na+]. The first kappa shape index (κ1) is 21.9. The Hall–Kier alpha value is -2.75. The Morgan fingerprint density at radius 1 is 0.933 bits per heavy atom. The van der Waals surface area contributed by atoms with Gasteiger partial charge >= 0.3 is 29.6 Å². The molecule has 0 saturated heterocycles. The van der Waals surface area contributed by atoms with Crippen LogP contribution < -0.4 is 34.7 Å². The van der Waals surface area contributed by atoms with Gasteiger partial charge in [-0.2, -0.15) is 5.10 Å². The van der Waals surface area contributed by atoms with Crippen LogP contribution in [0.5, 0.6) is 0 Å². The topological polar surface area (TPSA) is 70.3 Å². The van der Waals surface area contributed by atoms with E-state index in [1.54, 1.807) is 0 Å². The van der Waals surface area contributed by atoms with Crippen LogP contribution in [0.4, 0.5) is 17.6 Å². The maximum atomic E-state index is 14.4. The zero-order valence-electron chi connectivity index (χ0n) is 15.7. The zero-order chi connectivity index (χ0) is 20.9. The fourth-order valence-electron chi connectivity index (χ4n) is 3.11. The molecule has 0 bridgehead atoms. The minimum absolute atomic E-state index is 0. The molecule has 2 aromatic heterocycles. The third kappa shape index (κ3) is 3.71. The van der Waals surface area contributed by atoms with Crippen molar-refractivity contribution in [1.82, 2.24) is 14.6 Å². The molecular formula is C20H10F4N3NaO2. The van der Waals surface area contributed by atoms with Crippen LogP contribution in [0, 0.1) is 30.2 Å². The summed E-state index contributed by atoms with van der Waals surface area (Å²) in [4.78, 5) is 15.9. The van der Waals surface area contributed by atoms with Crippen LogP contribution in [0.25, 0.3) is 28.0 Å². The molecule has 0 radical (unpaired) electrons. The first-order chi connectivity index (χ1) is 13.8. The third-order valence-corrected chi connectivity index (χ3v) is 4.38. The van der Waals surface area contributed by atoms with Crippen molar-refractivity contribution in [1.29, 1.82) is 0 Å². The smallest absolute Gasteiger partial charge is 0.543 e. The molecule has 4 rings (SSSR count). The molecule has 2 heterocycles. The summed E-state index contributed by atoms with van der Waals surface area (Å²) >= 11 is 0. The molecule has 0 spiro atoms. The van der Waals surface area contributed by atoms with Crippen LogP contribution in [0.1, 0.15) is 16.2 Å². The van der Waals surface area contributed by atoms with E-state index in [4.69, 9.17) is 0 Å². The summed E-state index contributed by atoms with van der Waals surface area (Å²) < 4.78 is 56.1. The summed E-state index contributed by atoms with van der Waals surface area (Å²) in [6.07, 6.45) is 0. The average Bonchev–Trinajstić information content (AvgIpc) is 2.96. The van der Waals surface area contributed by atoms with Gasteiger partial charge in [0.05, 0.1) is 28.6 Å². The Labute approximate surface area is 189 Å². The van der Waals surface area contributed by atoms with Gasteiger partial charge in [-0.05, 0) is 37.3 Å². The van der Waals surface area contributed by atoms with E-state index in [9.17, 15) is 27.5 Å². The number of carbonyl (C=O) groups is 1. The van der Waals surface area contributed by atoms with Crippen LogP contribution in [0.3, 0.4) is 0 Å². The Morgan fingerprint density at radius 2 is 1.50 bits per heavy atom. The van der Waals surface area contributed by atoms with Crippen molar-refractivity contribution in [3.05, 3.63) is 77.1 Å². The van der Waals surface area contributed by atoms with E-state index in [1.807, 2.05) is 0 Å². The van der Waals surface area contributed by atoms with E-state index in [2.05, 4.69) is 10.1 Å². The zero-order valence-corrected chi connectivity index (χ0v) is 17.7. The summed E-state index contributed by atoms with van der Waals surface area (Å²) in [5, 5.41) is 15.7. The van der Waals surface area contributed by atoms with Crippen molar-refractivity contribution in [3.8, 4) is 22.4 Å². The molecule has 0 aliphatic heterocycles. The first-order valence-electron chi connectivity index (χ1n) is 8.29. The molecule has 5 nitrogen and oxygen atoms in total. The number of fused-ring (bicyclic) bond motifs is 1. The Kier molecular flexibility index (Phi) is 5.98. The molecule has 0 atom stereocenters. The van der Waals surface area contributed by atoms with Gasteiger partial charge in [0, 0.05) is 23.3 Å². The van der Waals surface area contributed by atoms with E-state index in [1.165, 1.54) is 13.0 Å². The van der Waals surface area contributed by atoms with E-state index in [-0.39, 0.29) is 63.3 Å². The molecule has 146 valence electrons. The Balaban J connectivity index is 0.00000256. The number of hydrogen-bond donors (Lipinski definition) is 0. The van der Waals surface area contributed by atoms with Crippen molar-refractivity contribution >= 4 is 11.6 Å². The molecule has 10 heteroatoms. The summed E-state index contributed by atoms with van der Waals surface area (Å²) in [7, 11) is 0. The second-order valence-corrected chi connectivity index (χ2v) is 6.26. The summed E-state index contributed by atoms with van der Waals surface area (Å²) in [6.45, 7) is 1.49. The van der Waals surface area contributed by atoms with Crippen LogP contribution in [-0.4, -0.2) is 20.6 Å². The molecule has 0 unspecified atom stereocenters. The van der Waals surface area contributed by atoms with Gasteiger partial charge in [-0.3, -0.25) is 0 Å². The fraction of sp³-hybridized carbons (Fsp3) is 0.0500. The minimum atomic E-state index is -1.63. The molecule has 0 fully saturated rings. The molecule has 4 aromatic rings. The number of halogens is 4. The second-order valence-electron chi connectivity index (χ2n) is 6.26. The van der Waals surface area contributed by atoms with E-state index in [0.717, 1.165) is 28.8 Å². The van der Waals surface area contributed by atoms with Crippen LogP contribution in [-0.2, 0) is 0 Å². The van der Waals surface area contributed by atoms with E-state index < -0.39 is 34.9 Å². The summed E-state index contributed by atoms with van der Waals surface area (Å²) in [6, 6.07) is 6.61. The molecule has 30 heavy (non-hydrogen) atoms. The number of hydrogen-bond acceptors (Lipinski definition) is 4. The number of carboxylic acids is 1. The van der Waals surface area contributed by atoms with Crippen LogP contribution in [0.15, 0.2) is 42.5 Å². The number of carboxylic acid groups (broad SMARTS) is 1. The van der Waals surface area contributed by atoms with Gasteiger partial charge in [-0.1, -0.05) is 0 Å². The number of nitrogens with zero attached hydrogens (tertiary/aromatic N) is 3. The molecular weight excluding hydrogens is 413 g/mol. The van der Waals surface area contributed by atoms with Gasteiger partial charge in [-0.15, -0.1) is 0 Å². The predicted octanol–water partition coefficient (Wildman–Crippen LogP) is 0.296. The van der Waals surface area contributed by atoms with Gasteiger partial charge in [0.1, 0.15) is 23.3 Å². The third-order valence-electron chi connectivity index (χ3n) is 4.38. The Morgan fingerprint density at radius 3 is 2.03 bits per heavy atom. The minimum Gasteiger partial charge on any atom is -0.543 e. The van der Waals surface area contributed by atoms with Gasteiger partial charge in [0.25, 0.3) is 0 Å². The van der Waals surface area contributed by atoms with Crippen LogP contribution in [0.2, 0.25) is 0 Å². The molecule has 2 aromatic carbocycles. The number of aromatic carboxylic acids is 1. The monoisotopic (exact) mass is 423 g/mol. The van der Waals surface area contributed by atoms with Gasteiger partial charge < -0.3 is 9.90 Å². The standard InChI is InChI=1S/C20H11F4N3O2.Na/c1-9-18(13-5-3-11(22)7-15(13)24)19-25-16(8-17(20(28)29)27(19)26-9)12-4-2-10(21)6-14(12)23;/h2-8H,1H3,(H,28,29);/q;+1/p-1. The Bertz CT molecular complexity index is 1310. The maximum absolute atomic E-state index is 14.4. The normalized spacial score (nSPS) is 10.8. The van der Waals surface area contributed by atoms with E-state index >= 15 is 0 Å². The molecule has 0 aliphatic carbocycles. The molecule has 0 saturated carbocycles. The number of aryl methyl sites for hydroxylation is 1. The van der Waals surface area contributed by atoms with Crippen LogP contribution >= 0.6 is 0 Å². The van der Waals surface area contributed by atoms with Gasteiger partial charge in [-0.25, -0.2) is 27.1 Å². The van der Waals surface area contributed by atoms with Crippen molar-refractivity contribution in [2.75, 3.05) is 0 Å². The molecule has 0 aliphatic rings. The van der Waals surface area contributed by atoms with E-state index in [0.29, 0.717) is 12.1 Å². The second kappa shape index (κ2) is 8.17. The first-order valence-corrected chi connectivity index (χ1v) is 8.29. The predicted molar refractivity (Wildman–Crippen MR) is 92.8 cm³/mol.